The summed E-state index contributed by atoms with van der Waals surface area (Å²) in [7, 11) is 1.54. The number of carbonyl (C=O) groups is 1. The maximum atomic E-state index is 11.6. The SMILES string of the molecule is COCCNC(=O)C(N)Cc1ccc([N+](=O)[O-])cc1.Cl. The zero-order chi connectivity index (χ0) is 14.3. The Bertz CT molecular complexity index is 439. The molecule has 0 aliphatic heterocycles. The van der Waals surface area contributed by atoms with E-state index in [0.29, 0.717) is 19.6 Å². The molecular formula is C12H18ClN3O4. The van der Waals surface area contributed by atoms with Gasteiger partial charge in [-0.25, -0.2) is 0 Å². The van der Waals surface area contributed by atoms with Crippen molar-refractivity contribution < 1.29 is 14.5 Å². The molecule has 0 aliphatic carbocycles. The zero-order valence-corrected chi connectivity index (χ0v) is 11.9. The molecule has 0 aromatic heterocycles. The molecular weight excluding hydrogens is 286 g/mol. The van der Waals surface area contributed by atoms with E-state index in [2.05, 4.69) is 5.32 Å². The van der Waals surface area contributed by atoms with Crippen LogP contribution in [0.2, 0.25) is 0 Å². The van der Waals surface area contributed by atoms with Crippen molar-refractivity contribution in [2.75, 3.05) is 20.3 Å². The molecule has 0 saturated heterocycles. The maximum absolute atomic E-state index is 11.6. The van der Waals surface area contributed by atoms with Gasteiger partial charge >= 0.3 is 0 Å². The van der Waals surface area contributed by atoms with Crippen LogP contribution in [0, 0.1) is 10.1 Å². The molecule has 0 fully saturated rings. The number of nitrogens with one attached hydrogen (secondary N) is 1. The minimum Gasteiger partial charge on any atom is -0.383 e. The Morgan fingerprint density at radius 1 is 1.45 bits per heavy atom. The number of ether oxygens (including phenoxy) is 1. The first-order valence-electron chi connectivity index (χ1n) is 5.80. The Labute approximate surface area is 123 Å². The molecule has 7 nitrogen and oxygen atoms in total. The van der Waals surface area contributed by atoms with E-state index in [1.807, 2.05) is 0 Å². The number of hydrogen-bond donors (Lipinski definition) is 2. The van der Waals surface area contributed by atoms with Crippen LogP contribution in [0.15, 0.2) is 24.3 Å². The van der Waals surface area contributed by atoms with Crippen LogP contribution in [0.3, 0.4) is 0 Å². The molecule has 0 spiro atoms. The first-order valence-corrected chi connectivity index (χ1v) is 5.80. The van der Waals surface area contributed by atoms with Crippen molar-refractivity contribution in [3.05, 3.63) is 39.9 Å². The van der Waals surface area contributed by atoms with Crippen molar-refractivity contribution >= 4 is 24.0 Å². The van der Waals surface area contributed by atoms with Crippen molar-refractivity contribution in [2.24, 2.45) is 5.73 Å². The molecule has 0 radical (unpaired) electrons. The standard InChI is InChI=1S/C12H17N3O4.ClH/c1-19-7-6-14-12(16)11(13)8-9-2-4-10(5-3-9)15(17)18;/h2-5,11H,6-8,13H2,1H3,(H,14,16);1H. The van der Waals surface area contributed by atoms with Crippen LogP contribution >= 0.6 is 12.4 Å². The highest BCUT2D eigenvalue weighted by Crippen LogP contribution is 2.12. The Kier molecular flexibility index (Phi) is 8.46. The third-order valence-electron chi connectivity index (χ3n) is 2.54. The van der Waals surface area contributed by atoms with E-state index in [1.165, 1.54) is 12.1 Å². The fraction of sp³-hybridized carbons (Fsp3) is 0.417. The first kappa shape index (κ1) is 18.3. The van der Waals surface area contributed by atoms with Crippen LogP contribution in [0.4, 0.5) is 5.69 Å². The molecule has 1 aromatic carbocycles. The van der Waals surface area contributed by atoms with Gasteiger partial charge in [-0.2, -0.15) is 0 Å². The van der Waals surface area contributed by atoms with Gasteiger partial charge in [-0.15, -0.1) is 12.4 Å². The number of halogens is 1. The second-order valence-corrected chi connectivity index (χ2v) is 4.02. The minimum atomic E-state index is -0.682. The minimum absolute atomic E-state index is 0. The van der Waals surface area contributed by atoms with E-state index in [-0.39, 0.29) is 24.0 Å². The lowest BCUT2D eigenvalue weighted by molar-refractivity contribution is -0.384. The van der Waals surface area contributed by atoms with E-state index >= 15 is 0 Å². The molecule has 8 heteroatoms. The topological polar surface area (TPSA) is 107 Å². The molecule has 0 saturated carbocycles. The van der Waals surface area contributed by atoms with Gasteiger partial charge in [0.2, 0.25) is 5.91 Å². The third kappa shape index (κ3) is 5.96. The average Bonchev–Trinajstić information content (AvgIpc) is 2.39. The van der Waals surface area contributed by atoms with E-state index in [9.17, 15) is 14.9 Å². The summed E-state index contributed by atoms with van der Waals surface area (Å²) < 4.78 is 4.81. The largest absolute Gasteiger partial charge is 0.383 e. The number of nitrogens with zero attached hydrogens (tertiary/aromatic N) is 1. The summed E-state index contributed by atoms with van der Waals surface area (Å²) in [5.74, 6) is -0.268. The lowest BCUT2D eigenvalue weighted by Gasteiger charge is -2.11. The average molecular weight is 304 g/mol. The van der Waals surface area contributed by atoms with Gasteiger partial charge in [0.05, 0.1) is 17.6 Å². The highest BCUT2D eigenvalue weighted by molar-refractivity contribution is 5.85. The molecule has 1 atom stereocenters. The number of rotatable bonds is 7. The number of nitro groups is 1. The third-order valence-corrected chi connectivity index (χ3v) is 2.54. The molecule has 1 unspecified atom stereocenters. The fourth-order valence-corrected chi connectivity index (χ4v) is 1.51. The maximum Gasteiger partial charge on any atom is 0.269 e. The van der Waals surface area contributed by atoms with Crippen molar-refractivity contribution in [1.29, 1.82) is 0 Å². The number of hydrogen-bond acceptors (Lipinski definition) is 5. The number of nitrogens with two attached hydrogens (primary N) is 1. The normalized spacial score (nSPS) is 11.3. The summed E-state index contributed by atoms with van der Waals surface area (Å²) in [5.41, 5.74) is 6.54. The van der Waals surface area contributed by atoms with Gasteiger partial charge in [-0.1, -0.05) is 12.1 Å². The van der Waals surface area contributed by atoms with Crippen molar-refractivity contribution in [2.45, 2.75) is 12.5 Å². The van der Waals surface area contributed by atoms with Gasteiger partial charge in [0.15, 0.2) is 0 Å². The predicted molar refractivity (Wildman–Crippen MR) is 76.9 cm³/mol. The predicted octanol–water partition coefficient (Wildman–Crippen LogP) is 0.649. The summed E-state index contributed by atoms with van der Waals surface area (Å²) >= 11 is 0. The quantitative estimate of drug-likeness (QED) is 0.437. The Morgan fingerprint density at radius 3 is 2.55 bits per heavy atom. The van der Waals surface area contributed by atoms with Crippen LogP contribution in [-0.4, -0.2) is 37.1 Å². The summed E-state index contributed by atoms with van der Waals surface area (Å²) in [6.07, 6.45) is 0.330. The van der Waals surface area contributed by atoms with E-state index in [1.54, 1.807) is 19.2 Å². The van der Waals surface area contributed by atoms with Crippen LogP contribution in [-0.2, 0) is 16.0 Å². The van der Waals surface area contributed by atoms with Crippen LogP contribution in [0.1, 0.15) is 5.56 Å². The summed E-state index contributed by atoms with van der Waals surface area (Å²) in [4.78, 5) is 21.6. The lowest BCUT2D eigenvalue weighted by atomic mass is 10.1. The second-order valence-electron chi connectivity index (χ2n) is 4.02. The van der Waals surface area contributed by atoms with Crippen LogP contribution in [0.5, 0.6) is 0 Å². The molecule has 1 rings (SSSR count). The van der Waals surface area contributed by atoms with E-state index < -0.39 is 11.0 Å². The van der Waals surface area contributed by atoms with Gasteiger partial charge in [-0.05, 0) is 12.0 Å². The number of nitro benzene ring substituents is 1. The molecule has 20 heavy (non-hydrogen) atoms. The van der Waals surface area contributed by atoms with E-state index in [4.69, 9.17) is 10.5 Å². The van der Waals surface area contributed by atoms with Crippen molar-refractivity contribution in [3.63, 3.8) is 0 Å². The molecule has 1 amide bonds. The Balaban J connectivity index is 0.00000361. The van der Waals surface area contributed by atoms with Crippen LogP contribution < -0.4 is 11.1 Å². The molecule has 0 heterocycles. The molecule has 112 valence electrons. The molecule has 0 bridgehead atoms. The smallest absolute Gasteiger partial charge is 0.269 e. The van der Waals surface area contributed by atoms with Gasteiger partial charge in [0.1, 0.15) is 0 Å². The van der Waals surface area contributed by atoms with E-state index in [0.717, 1.165) is 5.56 Å². The molecule has 3 N–H and O–H groups in total. The summed E-state index contributed by atoms with van der Waals surface area (Å²) in [6, 6.07) is 5.30. The number of amides is 1. The molecule has 0 aliphatic rings. The number of benzene rings is 1. The number of non-ortho nitro benzene ring substituents is 1. The number of methoxy groups -OCH3 is 1. The summed E-state index contributed by atoms with van der Waals surface area (Å²) in [6.45, 7) is 0.833. The monoisotopic (exact) mass is 303 g/mol. The highest BCUT2D eigenvalue weighted by atomic mass is 35.5. The van der Waals surface area contributed by atoms with Crippen molar-refractivity contribution in [1.82, 2.24) is 5.32 Å². The fourth-order valence-electron chi connectivity index (χ4n) is 1.51. The second kappa shape index (κ2) is 9.24. The van der Waals surface area contributed by atoms with Gasteiger partial charge in [0, 0.05) is 25.8 Å². The lowest BCUT2D eigenvalue weighted by Crippen LogP contribution is -2.43. The van der Waals surface area contributed by atoms with Gasteiger partial charge in [-0.3, -0.25) is 14.9 Å². The van der Waals surface area contributed by atoms with Gasteiger partial charge in [0.25, 0.3) is 5.69 Å². The Morgan fingerprint density at radius 2 is 2.05 bits per heavy atom. The number of carbonyl (C=O) groups excluding carboxylic acids is 1. The van der Waals surface area contributed by atoms with Gasteiger partial charge < -0.3 is 15.8 Å². The van der Waals surface area contributed by atoms with Crippen LogP contribution in [0.25, 0.3) is 0 Å². The van der Waals surface area contributed by atoms with Crippen molar-refractivity contribution in [3.8, 4) is 0 Å². The summed E-state index contributed by atoms with van der Waals surface area (Å²) in [5, 5.41) is 13.1. The molecule has 1 aromatic rings. The Hall–Kier alpha value is -1.70. The zero-order valence-electron chi connectivity index (χ0n) is 11.1. The highest BCUT2D eigenvalue weighted by Gasteiger charge is 2.14. The first-order chi connectivity index (χ1) is 9.04.